The lowest BCUT2D eigenvalue weighted by Gasteiger charge is -2.12. The largest absolute Gasteiger partial charge is 0.323 e. The third-order valence-electron chi connectivity index (χ3n) is 2.70. The van der Waals surface area contributed by atoms with Crippen molar-refractivity contribution in [1.82, 2.24) is 4.98 Å². The molecule has 1 unspecified atom stereocenters. The number of aromatic nitrogens is 1. The molecule has 1 heterocycles. The second-order valence-corrected chi connectivity index (χ2v) is 5.49. The molecule has 0 bridgehead atoms. The highest BCUT2D eigenvalue weighted by Gasteiger charge is 2.14. The van der Waals surface area contributed by atoms with E-state index in [-0.39, 0.29) is 5.91 Å². The van der Waals surface area contributed by atoms with Gasteiger partial charge in [0.15, 0.2) is 0 Å². The third kappa shape index (κ3) is 4.03. The molecule has 104 valence electrons. The van der Waals surface area contributed by atoms with Gasteiger partial charge in [-0.15, -0.1) is 0 Å². The fourth-order valence-electron chi connectivity index (χ4n) is 1.69. The molecule has 0 saturated heterocycles. The molecule has 20 heavy (non-hydrogen) atoms. The SMILES string of the molecule is NC(Cc1ccccc1)C(=O)Nc1cnc(Cl)c(Br)c1. The molecule has 0 fully saturated rings. The van der Waals surface area contributed by atoms with Gasteiger partial charge < -0.3 is 11.1 Å². The maximum absolute atomic E-state index is 12.0. The van der Waals surface area contributed by atoms with E-state index in [4.69, 9.17) is 17.3 Å². The molecule has 0 spiro atoms. The molecule has 0 aliphatic heterocycles. The number of carbonyl (C=O) groups is 1. The first-order valence-corrected chi connectivity index (χ1v) is 7.15. The summed E-state index contributed by atoms with van der Waals surface area (Å²) >= 11 is 9.04. The smallest absolute Gasteiger partial charge is 0.241 e. The Kier molecular flexibility index (Phi) is 5.11. The number of pyridine rings is 1. The van der Waals surface area contributed by atoms with E-state index < -0.39 is 6.04 Å². The zero-order valence-electron chi connectivity index (χ0n) is 10.5. The lowest BCUT2D eigenvalue weighted by Crippen LogP contribution is -2.37. The summed E-state index contributed by atoms with van der Waals surface area (Å²) in [6.45, 7) is 0. The number of halogens is 2. The molecule has 2 rings (SSSR count). The number of nitrogens with two attached hydrogens (primary N) is 1. The van der Waals surface area contributed by atoms with Crippen molar-refractivity contribution in [3.63, 3.8) is 0 Å². The molecule has 0 aliphatic rings. The van der Waals surface area contributed by atoms with Crippen LogP contribution in [0.2, 0.25) is 5.15 Å². The molecular weight excluding hydrogens is 342 g/mol. The Balaban J connectivity index is 1.99. The van der Waals surface area contributed by atoms with Gasteiger partial charge >= 0.3 is 0 Å². The molecule has 0 radical (unpaired) electrons. The summed E-state index contributed by atoms with van der Waals surface area (Å²) in [7, 11) is 0. The minimum Gasteiger partial charge on any atom is -0.323 e. The number of amides is 1. The van der Waals surface area contributed by atoms with Crippen molar-refractivity contribution in [3.05, 3.63) is 57.8 Å². The fourth-order valence-corrected chi connectivity index (χ4v) is 2.14. The third-order valence-corrected chi connectivity index (χ3v) is 3.83. The van der Waals surface area contributed by atoms with Crippen LogP contribution in [0.3, 0.4) is 0 Å². The van der Waals surface area contributed by atoms with Crippen LogP contribution in [-0.4, -0.2) is 16.9 Å². The molecule has 1 atom stereocenters. The van der Waals surface area contributed by atoms with Crippen LogP contribution < -0.4 is 11.1 Å². The van der Waals surface area contributed by atoms with E-state index in [1.54, 1.807) is 6.07 Å². The molecule has 1 amide bonds. The van der Waals surface area contributed by atoms with E-state index in [0.29, 0.717) is 21.7 Å². The predicted octanol–water partition coefficient (Wildman–Crippen LogP) is 3.01. The summed E-state index contributed by atoms with van der Waals surface area (Å²) in [5.41, 5.74) is 7.46. The molecule has 1 aromatic carbocycles. The van der Waals surface area contributed by atoms with Crippen molar-refractivity contribution in [2.24, 2.45) is 5.73 Å². The highest BCUT2D eigenvalue weighted by Crippen LogP contribution is 2.22. The molecular formula is C14H13BrClN3O. The molecule has 0 aliphatic carbocycles. The quantitative estimate of drug-likeness (QED) is 0.829. The Morgan fingerprint density at radius 1 is 1.40 bits per heavy atom. The highest BCUT2D eigenvalue weighted by atomic mass is 79.9. The Bertz CT molecular complexity index is 607. The number of nitrogens with zero attached hydrogens (tertiary/aromatic N) is 1. The van der Waals surface area contributed by atoms with Crippen molar-refractivity contribution in [3.8, 4) is 0 Å². The van der Waals surface area contributed by atoms with Gasteiger partial charge in [0.05, 0.1) is 22.4 Å². The van der Waals surface area contributed by atoms with E-state index in [0.717, 1.165) is 5.56 Å². The van der Waals surface area contributed by atoms with Gasteiger partial charge in [-0.2, -0.15) is 0 Å². The van der Waals surface area contributed by atoms with Gasteiger partial charge in [-0.25, -0.2) is 4.98 Å². The van der Waals surface area contributed by atoms with Crippen LogP contribution in [-0.2, 0) is 11.2 Å². The number of rotatable bonds is 4. The minimum atomic E-state index is -0.619. The number of benzene rings is 1. The van der Waals surface area contributed by atoms with Gasteiger partial charge in [-0.05, 0) is 34.0 Å². The van der Waals surface area contributed by atoms with Gasteiger partial charge in [0.25, 0.3) is 0 Å². The van der Waals surface area contributed by atoms with Crippen molar-refractivity contribution in [1.29, 1.82) is 0 Å². The normalized spacial score (nSPS) is 11.9. The topological polar surface area (TPSA) is 68.0 Å². The standard InChI is InChI=1S/C14H13BrClN3O/c15-11-7-10(8-18-13(11)16)19-14(20)12(17)6-9-4-2-1-3-5-9/h1-5,7-8,12H,6,17H2,(H,19,20). The summed E-state index contributed by atoms with van der Waals surface area (Å²) in [5, 5.41) is 3.06. The van der Waals surface area contributed by atoms with Crippen molar-refractivity contribution in [2.45, 2.75) is 12.5 Å². The zero-order chi connectivity index (χ0) is 14.5. The monoisotopic (exact) mass is 353 g/mol. The van der Waals surface area contributed by atoms with Crippen molar-refractivity contribution in [2.75, 3.05) is 5.32 Å². The van der Waals surface area contributed by atoms with Gasteiger partial charge in [-0.1, -0.05) is 41.9 Å². The first-order valence-electron chi connectivity index (χ1n) is 5.97. The van der Waals surface area contributed by atoms with Gasteiger partial charge in [0.2, 0.25) is 5.91 Å². The van der Waals surface area contributed by atoms with Crippen LogP contribution in [0.4, 0.5) is 5.69 Å². The summed E-state index contributed by atoms with van der Waals surface area (Å²) < 4.78 is 0.619. The molecule has 4 nitrogen and oxygen atoms in total. The van der Waals surface area contributed by atoms with Gasteiger partial charge in [-0.3, -0.25) is 4.79 Å². The lowest BCUT2D eigenvalue weighted by molar-refractivity contribution is -0.117. The number of nitrogens with one attached hydrogen (secondary N) is 1. The zero-order valence-corrected chi connectivity index (χ0v) is 12.9. The molecule has 6 heteroatoms. The number of carbonyl (C=O) groups excluding carboxylic acids is 1. The number of hydrogen-bond donors (Lipinski definition) is 2. The van der Waals surface area contributed by atoms with E-state index in [1.807, 2.05) is 30.3 Å². The molecule has 2 aromatic rings. The lowest BCUT2D eigenvalue weighted by atomic mass is 10.1. The summed E-state index contributed by atoms with van der Waals surface area (Å²) in [5.74, 6) is -0.259. The van der Waals surface area contributed by atoms with Crippen LogP contribution in [0, 0.1) is 0 Å². The Morgan fingerprint density at radius 3 is 2.75 bits per heavy atom. The van der Waals surface area contributed by atoms with Gasteiger partial charge in [0.1, 0.15) is 5.15 Å². The highest BCUT2D eigenvalue weighted by molar-refractivity contribution is 9.10. The van der Waals surface area contributed by atoms with Gasteiger partial charge in [0, 0.05) is 0 Å². The average Bonchev–Trinajstić information content (AvgIpc) is 2.44. The van der Waals surface area contributed by atoms with Crippen molar-refractivity contribution < 1.29 is 4.79 Å². The maximum atomic E-state index is 12.0. The Labute approximate surface area is 130 Å². The second-order valence-electron chi connectivity index (χ2n) is 4.28. The predicted molar refractivity (Wildman–Crippen MR) is 83.7 cm³/mol. The molecule has 3 N–H and O–H groups in total. The first-order chi connectivity index (χ1) is 9.56. The fraction of sp³-hybridized carbons (Fsp3) is 0.143. The number of anilines is 1. The van der Waals surface area contributed by atoms with Crippen LogP contribution in [0.5, 0.6) is 0 Å². The second kappa shape index (κ2) is 6.83. The van der Waals surface area contributed by atoms with E-state index in [1.165, 1.54) is 6.20 Å². The molecule has 0 saturated carbocycles. The number of hydrogen-bond acceptors (Lipinski definition) is 3. The summed E-state index contributed by atoms with van der Waals surface area (Å²) in [4.78, 5) is 15.9. The van der Waals surface area contributed by atoms with E-state index in [2.05, 4.69) is 26.2 Å². The van der Waals surface area contributed by atoms with Crippen LogP contribution in [0.1, 0.15) is 5.56 Å². The Hall–Kier alpha value is -1.43. The van der Waals surface area contributed by atoms with Crippen molar-refractivity contribution >= 4 is 39.1 Å². The van der Waals surface area contributed by atoms with E-state index >= 15 is 0 Å². The van der Waals surface area contributed by atoms with Crippen LogP contribution in [0.25, 0.3) is 0 Å². The Morgan fingerprint density at radius 2 is 2.10 bits per heavy atom. The maximum Gasteiger partial charge on any atom is 0.241 e. The van der Waals surface area contributed by atoms with Crippen LogP contribution in [0.15, 0.2) is 47.1 Å². The summed E-state index contributed by atoms with van der Waals surface area (Å²) in [6, 6.07) is 10.7. The van der Waals surface area contributed by atoms with Crippen LogP contribution >= 0.6 is 27.5 Å². The average molecular weight is 355 g/mol. The summed E-state index contributed by atoms with van der Waals surface area (Å²) in [6.07, 6.45) is 1.97. The molecule has 1 aromatic heterocycles. The van der Waals surface area contributed by atoms with E-state index in [9.17, 15) is 4.79 Å². The first kappa shape index (κ1) is 15.0. The minimum absolute atomic E-state index is 0.259.